The molecule has 6 aromatic carbocycles. The smallest absolute Gasteiger partial charge is 0.263 e. The van der Waals surface area contributed by atoms with E-state index in [1.54, 1.807) is 9.80 Å². The van der Waals surface area contributed by atoms with E-state index in [4.69, 9.17) is 0 Å². The molecule has 54 heavy (non-hydrogen) atoms. The number of amides is 2. The van der Waals surface area contributed by atoms with E-state index in [0.29, 0.717) is 11.1 Å². The molecule has 4 nitrogen and oxygen atoms in total. The minimum atomic E-state index is -0.0332. The van der Waals surface area contributed by atoms with Crippen LogP contribution in [0.1, 0.15) is 22.3 Å². The molecule has 0 unspecified atom stereocenters. The molecule has 0 atom stereocenters. The summed E-state index contributed by atoms with van der Waals surface area (Å²) in [4.78, 5) is 31.6. The van der Waals surface area contributed by atoms with Crippen LogP contribution in [0, 0.1) is 0 Å². The number of carbonyl (C=O) groups excluding carboxylic acids is 2. The third-order valence-electron chi connectivity index (χ3n) is 10.6. The quantitative estimate of drug-likeness (QED) is 0.185. The van der Waals surface area contributed by atoms with E-state index in [0.717, 1.165) is 77.2 Å². The van der Waals surface area contributed by atoms with Crippen LogP contribution in [0.15, 0.2) is 206 Å². The zero-order chi connectivity index (χ0) is 36.2. The fourth-order valence-electron chi connectivity index (χ4n) is 8.13. The van der Waals surface area contributed by atoms with E-state index in [-0.39, 0.29) is 11.8 Å². The van der Waals surface area contributed by atoms with E-state index in [9.17, 15) is 9.59 Å². The number of carbonyl (C=O) groups is 2. The Labute approximate surface area is 312 Å². The second-order valence-electron chi connectivity index (χ2n) is 13.6. The van der Waals surface area contributed by atoms with Crippen LogP contribution in [0.25, 0.3) is 44.2 Å². The summed E-state index contributed by atoms with van der Waals surface area (Å²) in [6.07, 6.45) is 12.2. The van der Waals surface area contributed by atoms with Gasteiger partial charge < -0.3 is 0 Å². The van der Waals surface area contributed by atoms with E-state index in [1.165, 1.54) is 0 Å². The molecule has 0 aromatic heterocycles. The molecule has 0 radical (unpaired) electrons. The molecule has 0 aliphatic carbocycles. The Hall–Kier alpha value is -7.30. The average Bonchev–Trinajstić information content (AvgIpc) is 3.71. The van der Waals surface area contributed by atoms with Gasteiger partial charge in [0.05, 0.1) is 22.5 Å². The molecule has 2 amide bonds. The number of nitrogens with zero attached hydrogens (tertiary/aromatic N) is 2. The predicted octanol–water partition coefficient (Wildman–Crippen LogP) is 8.87. The maximum Gasteiger partial charge on any atom is 0.263 e. The van der Waals surface area contributed by atoms with Gasteiger partial charge in [0.15, 0.2) is 0 Å². The Bertz CT molecular complexity index is 2680. The second kappa shape index (κ2) is 12.7. The second-order valence-corrected chi connectivity index (χ2v) is 13.6. The average molecular weight is 693 g/mol. The number of fused-ring (bicyclic) bond motifs is 3. The molecule has 0 bridgehead atoms. The van der Waals surface area contributed by atoms with E-state index >= 15 is 0 Å². The van der Waals surface area contributed by atoms with Gasteiger partial charge in [-0.1, -0.05) is 158 Å². The third kappa shape index (κ3) is 5.00. The lowest BCUT2D eigenvalue weighted by molar-refractivity contribution is -0.121. The third-order valence-corrected chi connectivity index (χ3v) is 10.6. The molecule has 10 rings (SSSR count). The van der Waals surface area contributed by atoms with Gasteiger partial charge >= 0.3 is 0 Å². The fraction of sp³-hybridized carbons (Fsp3) is 0. The number of benzene rings is 6. The summed E-state index contributed by atoms with van der Waals surface area (Å²) < 4.78 is 0. The summed E-state index contributed by atoms with van der Waals surface area (Å²) in [5.41, 5.74) is 10.8. The van der Waals surface area contributed by atoms with Gasteiger partial charge in [-0.3, -0.25) is 19.4 Å². The van der Waals surface area contributed by atoms with Gasteiger partial charge in [0.25, 0.3) is 11.8 Å². The molecule has 4 aliphatic heterocycles. The molecular formula is C50H32N2O2. The van der Waals surface area contributed by atoms with Crippen molar-refractivity contribution >= 4 is 56.0 Å². The van der Waals surface area contributed by atoms with Gasteiger partial charge in [-0.2, -0.15) is 0 Å². The van der Waals surface area contributed by atoms with Crippen molar-refractivity contribution in [3.05, 3.63) is 239 Å². The highest BCUT2D eigenvalue weighted by atomic mass is 16.2. The molecule has 0 saturated carbocycles. The van der Waals surface area contributed by atoms with Crippen molar-refractivity contribution in [2.24, 2.45) is 0 Å². The molecule has 254 valence electrons. The molecule has 0 N–H and O–H groups in total. The lowest BCUT2D eigenvalue weighted by Crippen LogP contribution is -2.23. The normalized spacial score (nSPS) is 18.4. The topological polar surface area (TPSA) is 40.6 Å². The first kappa shape index (κ1) is 31.4. The summed E-state index contributed by atoms with van der Waals surface area (Å²) in [5, 5.41) is 4.36. The standard InChI is InChI=1S/C50H32N2O2/c53-49-47(35-19-9-3-10-20-35)45(33-15-5-1-6-16-33)43-31-37(27-29-51(43)49)39-25-26-40(42-24-14-13-23-41(39)42)38-28-30-52-44(32-38)46(34-17-7-2-8-18-34)48(50(52)54)36-21-11-4-12-22-36/h1-32H. The van der Waals surface area contributed by atoms with Crippen LogP contribution in [0.5, 0.6) is 0 Å². The first-order valence-corrected chi connectivity index (χ1v) is 18.1. The van der Waals surface area contributed by atoms with Crippen molar-refractivity contribution < 1.29 is 9.59 Å². The molecule has 0 fully saturated rings. The summed E-state index contributed by atoms with van der Waals surface area (Å²) in [7, 11) is 0. The maximum atomic E-state index is 14.0. The van der Waals surface area contributed by atoms with Crippen LogP contribution < -0.4 is 10.4 Å². The summed E-state index contributed by atoms with van der Waals surface area (Å²) >= 11 is 0. The Morgan fingerprint density at radius 3 is 1.00 bits per heavy atom. The van der Waals surface area contributed by atoms with Crippen molar-refractivity contribution in [2.45, 2.75) is 0 Å². The minimum Gasteiger partial charge on any atom is -0.283 e. The highest BCUT2D eigenvalue weighted by Crippen LogP contribution is 2.45. The van der Waals surface area contributed by atoms with Crippen LogP contribution in [0.4, 0.5) is 0 Å². The minimum absolute atomic E-state index is 0.0332. The van der Waals surface area contributed by atoms with Crippen molar-refractivity contribution in [3.63, 3.8) is 0 Å². The van der Waals surface area contributed by atoms with Gasteiger partial charge in [0, 0.05) is 23.5 Å². The van der Waals surface area contributed by atoms with Crippen LogP contribution in [0.2, 0.25) is 0 Å². The molecular weight excluding hydrogens is 661 g/mol. The molecule has 4 heterocycles. The fourth-order valence-corrected chi connectivity index (χ4v) is 8.13. The van der Waals surface area contributed by atoms with E-state index in [2.05, 4.69) is 72.8 Å². The number of rotatable bonds is 4. The van der Waals surface area contributed by atoms with Crippen LogP contribution in [-0.4, -0.2) is 21.6 Å². The van der Waals surface area contributed by atoms with Crippen LogP contribution in [-0.2, 0) is 9.59 Å². The number of allylic oxidation sites excluding steroid dienone is 6. The lowest BCUT2D eigenvalue weighted by Gasteiger charge is -2.21. The van der Waals surface area contributed by atoms with E-state index < -0.39 is 0 Å². The summed E-state index contributed by atoms with van der Waals surface area (Å²) in [5.74, 6) is -0.0665. The first-order valence-electron chi connectivity index (χ1n) is 18.1. The number of hydrogen-bond donors (Lipinski definition) is 0. The zero-order valence-corrected chi connectivity index (χ0v) is 29.2. The van der Waals surface area contributed by atoms with E-state index in [1.807, 2.05) is 122 Å². The largest absolute Gasteiger partial charge is 0.283 e. The predicted molar refractivity (Wildman–Crippen MR) is 218 cm³/mol. The SMILES string of the molecule is O=C1C(c2ccccc2)=C(c2ccccc2)C2=CC(=c3ccc(=C4C=CN5C(=O)C(c6ccccc6)=C(c6ccccc6)C5=C4)c4ccccc34)C=CN12. The molecule has 0 saturated heterocycles. The lowest BCUT2D eigenvalue weighted by atomic mass is 9.92. The van der Waals surface area contributed by atoms with Crippen molar-refractivity contribution in [1.82, 2.24) is 9.80 Å². The van der Waals surface area contributed by atoms with Gasteiger partial charge in [-0.25, -0.2) is 0 Å². The van der Waals surface area contributed by atoms with Crippen molar-refractivity contribution in [1.29, 1.82) is 0 Å². The Kier molecular flexibility index (Phi) is 7.41. The van der Waals surface area contributed by atoms with Crippen molar-refractivity contribution in [2.75, 3.05) is 0 Å². The molecule has 4 aliphatic rings. The molecule has 6 aromatic rings. The maximum absolute atomic E-state index is 14.0. The molecule has 4 heteroatoms. The Morgan fingerprint density at radius 2 is 0.648 bits per heavy atom. The van der Waals surface area contributed by atoms with Crippen molar-refractivity contribution in [3.8, 4) is 0 Å². The van der Waals surface area contributed by atoms with Gasteiger partial charge in [-0.05, 0) is 78.9 Å². The summed E-state index contributed by atoms with van der Waals surface area (Å²) in [6.45, 7) is 0. The highest BCUT2D eigenvalue weighted by molar-refractivity contribution is 6.35. The highest BCUT2D eigenvalue weighted by Gasteiger charge is 2.38. The number of hydrogen-bond acceptors (Lipinski definition) is 2. The van der Waals surface area contributed by atoms with Crippen LogP contribution >= 0.6 is 0 Å². The van der Waals surface area contributed by atoms with Gasteiger partial charge in [-0.15, -0.1) is 0 Å². The molecule has 0 spiro atoms. The first-order chi connectivity index (χ1) is 26.7. The van der Waals surface area contributed by atoms with Gasteiger partial charge in [0.2, 0.25) is 0 Å². The Balaban J connectivity index is 1.17. The zero-order valence-electron chi connectivity index (χ0n) is 29.2. The van der Waals surface area contributed by atoms with Crippen LogP contribution in [0.3, 0.4) is 0 Å². The summed E-state index contributed by atoms with van der Waals surface area (Å²) in [6, 6.07) is 53.1. The Morgan fingerprint density at radius 1 is 0.333 bits per heavy atom. The monoisotopic (exact) mass is 692 g/mol. The van der Waals surface area contributed by atoms with Gasteiger partial charge in [0.1, 0.15) is 0 Å².